The first kappa shape index (κ1) is 15.5. The largest absolute Gasteiger partial charge is 0.354 e. The van der Waals surface area contributed by atoms with Gasteiger partial charge in [-0.1, -0.05) is 32.6 Å². The number of hydrogen-bond donors (Lipinski definition) is 0. The molecule has 0 aliphatic carbocycles. The van der Waals surface area contributed by atoms with Crippen LogP contribution in [-0.2, 0) is 13.6 Å². The van der Waals surface area contributed by atoms with Gasteiger partial charge in [0.05, 0.1) is 0 Å². The lowest BCUT2D eigenvalue weighted by Gasteiger charge is -2.15. The van der Waals surface area contributed by atoms with Crippen LogP contribution in [0.3, 0.4) is 0 Å². The van der Waals surface area contributed by atoms with Crippen molar-refractivity contribution in [2.45, 2.75) is 45.6 Å². The second kappa shape index (κ2) is 7.11. The van der Waals surface area contributed by atoms with Gasteiger partial charge in [-0.3, -0.25) is 4.57 Å². The summed E-state index contributed by atoms with van der Waals surface area (Å²) in [5.74, 6) is 0.386. The smallest absolute Gasteiger partial charge is 0.348 e. The predicted octanol–water partition coefficient (Wildman–Crippen LogP) is 0.978. The number of rotatable bonds is 7. The minimum absolute atomic E-state index is 0.292. The van der Waals surface area contributed by atoms with Crippen LogP contribution in [0.5, 0.6) is 0 Å². The molecule has 6 heteroatoms. The second-order valence-electron chi connectivity index (χ2n) is 5.00. The highest BCUT2D eigenvalue weighted by molar-refractivity contribution is 5.25. The van der Waals surface area contributed by atoms with E-state index in [0.717, 1.165) is 19.3 Å². The van der Waals surface area contributed by atoms with Crippen LogP contribution in [-0.4, -0.2) is 28.2 Å². The number of hydrogen-bond acceptors (Lipinski definition) is 4. The summed E-state index contributed by atoms with van der Waals surface area (Å²) in [6.07, 6.45) is 5.41. The Morgan fingerprint density at radius 3 is 2.32 bits per heavy atom. The Kier molecular flexibility index (Phi) is 5.79. The minimum Gasteiger partial charge on any atom is -0.348 e. The molecular formula is C13H24N4O2. The summed E-state index contributed by atoms with van der Waals surface area (Å²) in [7, 11) is 5.16. The van der Waals surface area contributed by atoms with Crippen LogP contribution in [0.4, 0.5) is 5.95 Å². The fourth-order valence-electron chi connectivity index (χ4n) is 2.03. The summed E-state index contributed by atoms with van der Waals surface area (Å²) >= 11 is 0. The molecule has 1 heterocycles. The monoisotopic (exact) mass is 268 g/mol. The number of nitrogens with zero attached hydrogens (tertiary/aromatic N) is 4. The average Bonchev–Trinajstić information content (AvgIpc) is 2.36. The zero-order valence-electron chi connectivity index (χ0n) is 12.3. The molecule has 0 N–H and O–H groups in total. The number of unbranched alkanes of at least 4 members (excludes halogenated alkanes) is 4. The molecule has 0 aliphatic heterocycles. The summed E-state index contributed by atoms with van der Waals surface area (Å²) in [6, 6.07) is 0. The highest BCUT2D eigenvalue weighted by atomic mass is 16.2. The maximum absolute atomic E-state index is 12.1. The van der Waals surface area contributed by atoms with E-state index in [-0.39, 0.29) is 5.69 Å². The van der Waals surface area contributed by atoms with Crippen molar-refractivity contribution < 1.29 is 0 Å². The van der Waals surface area contributed by atoms with Crippen molar-refractivity contribution >= 4 is 5.95 Å². The molecule has 0 radical (unpaired) electrons. The van der Waals surface area contributed by atoms with Crippen molar-refractivity contribution in [3.05, 3.63) is 21.0 Å². The lowest BCUT2D eigenvalue weighted by Crippen LogP contribution is -2.43. The lowest BCUT2D eigenvalue weighted by molar-refractivity contribution is 0.512. The van der Waals surface area contributed by atoms with Gasteiger partial charge in [-0.25, -0.2) is 14.2 Å². The van der Waals surface area contributed by atoms with Crippen molar-refractivity contribution in [1.82, 2.24) is 14.1 Å². The van der Waals surface area contributed by atoms with Gasteiger partial charge in [-0.05, 0) is 6.42 Å². The maximum Gasteiger partial charge on any atom is 0.354 e. The fraction of sp³-hybridized carbons (Fsp3) is 0.769. The Balaban J connectivity index is 2.83. The van der Waals surface area contributed by atoms with Gasteiger partial charge >= 0.3 is 11.4 Å². The van der Waals surface area contributed by atoms with Gasteiger partial charge in [-0.15, -0.1) is 0 Å². The summed E-state index contributed by atoms with van der Waals surface area (Å²) in [5.41, 5.74) is -0.749. The molecule has 0 amide bonds. The quantitative estimate of drug-likeness (QED) is 0.692. The van der Waals surface area contributed by atoms with Crippen LogP contribution in [0.15, 0.2) is 9.59 Å². The van der Waals surface area contributed by atoms with Gasteiger partial charge in [-0.2, -0.15) is 4.98 Å². The van der Waals surface area contributed by atoms with E-state index in [1.165, 1.54) is 22.0 Å². The molecule has 0 unspecified atom stereocenters. The van der Waals surface area contributed by atoms with Crippen molar-refractivity contribution in [2.24, 2.45) is 7.05 Å². The number of anilines is 1. The molecule has 0 aliphatic rings. The standard InChI is InChI=1S/C13H24N4O2/c1-5-6-7-8-9-10-17-12(18)14-11(15(2)3)16(4)13(17)19/h5-10H2,1-4H3. The third-order valence-corrected chi connectivity index (χ3v) is 3.13. The zero-order chi connectivity index (χ0) is 14.4. The summed E-state index contributed by atoms with van der Waals surface area (Å²) < 4.78 is 2.63. The van der Waals surface area contributed by atoms with Gasteiger partial charge in [0.2, 0.25) is 5.95 Å². The van der Waals surface area contributed by atoms with Gasteiger partial charge in [0.1, 0.15) is 0 Å². The highest BCUT2D eigenvalue weighted by Gasteiger charge is 2.10. The molecule has 19 heavy (non-hydrogen) atoms. The Hall–Kier alpha value is -1.59. The van der Waals surface area contributed by atoms with Crippen molar-refractivity contribution in [3.8, 4) is 0 Å². The van der Waals surface area contributed by atoms with E-state index < -0.39 is 5.69 Å². The minimum atomic E-state index is -0.456. The molecule has 108 valence electrons. The first-order chi connectivity index (χ1) is 8.99. The molecule has 0 bridgehead atoms. The second-order valence-corrected chi connectivity index (χ2v) is 5.00. The van der Waals surface area contributed by atoms with E-state index in [0.29, 0.717) is 12.5 Å². The summed E-state index contributed by atoms with van der Waals surface area (Å²) in [4.78, 5) is 29.5. The van der Waals surface area contributed by atoms with Gasteiger partial charge in [0.25, 0.3) is 0 Å². The molecule has 0 aromatic carbocycles. The Morgan fingerprint density at radius 1 is 1.11 bits per heavy atom. The molecule has 0 spiro atoms. The van der Waals surface area contributed by atoms with Crippen LogP contribution < -0.4 is 16.3 Å². The fourth-order valence-corrected chi connectivity index (χ4v) is 2.03. The van der Waals surface area contributed by atoms with Crippen LogP contribution >= 0.6 is 0 Å². The highest BCUT2D eigenvalue weighted by Crippen LogP contribution is 2.03. The molecule has 1 aromatic rings. The average molecular weight is 268 g/mol. The Labute approximate surface area is 113 Å². The zero-order valence-corrected chi connectivity index (χ0v) is 12.3. The SMILES string of the molecule is CCCCCCCn1c(=O)nc(N(C)C)n(C)c1=O. The van der Waals surface area contributed by atoms with Gasteiger partial charge < -0.3 is 4.90 Å². The third kappa shape index (κ3) is 3.94. The molecule has 0 saturated heterocycles. The first-order valence-corrected chi connectivity index (χ1v) is 6.84. The van der Waals surface area contributed by atoms with E-state index in [1.54, 1.807) is 26.0 Å². The summed E-state index contributed by atoms with van der Waals surface area (Å²) in [6.45, 7) is 2.61. The maximum atomic E-state index is 12.1. The normalized spacial score (nSPS) is 10.7. The molecule has 0 atom stereocenters. The molecule has 6 nitrogen and oxygen atoms in total. The predicted molar refractivity (Wildman–Crippen MR) is 76.8 cm³/mol. The van der Waals surface area contributed by atoms with Crippen LogP contribution in [0, 0.1) is 0 Å². The van der Waals surface area contributed by atoms with E-state index >= 15 is 0 Å². The van der Waals surface area contributed by atoms with Crippen LogP contribution in [0.2, 0.25) is 0 Å². The summed E-state index contributed by atoms with van der Waals surface area (Å²) in [5, 5.41) is 0. The van der Waals surface area contributed by atoms with Gasteiger partial charge in [0, 0.05) is 27.7 Å². The van der Waals surface area contributed by atoms with E-state index in [9.17, 15) is 9.59 Å². The third-order valence-electron chi connectivity index (χ3n) is 3.13. The molecule has 0 fully saturated rings. The topological polar surface area (TPSA) is 60.1 Å². The van der Waals surface area contributed by atoms with Gasteiger partial charge in [0.15, 0.2) is 0 Å². The Morgan fingerprint density at radius 2 is 1.74 bits per heavy atom. The Bertz CT molecular complexity index is 516. The first-order valence-electron chi connectivity index (χ1n) is 6.84. The van der Waals surface area contributed by atoms with E-state index in [4.69, 9.17) is 0 Å². The molecule has 1 aromatic heterocycles. The number of aromatic nitrogens is 3. The van der Waals surface area contributed by atoms with Crippen molar-refractivity contribution in [1.29, 1.82) is 0 Å². The lowest BCUT2D eigenvalue weighted by atomic mass is 10.1. The molecular weight excluding hydrogens is 244 g/mol. The van der Waals surface area contributed by atoms with Crippen LogP contribution in [0.1, 0.15) is 39.0 Å². The van der Waals surface area contributed by atoms with E-state index in [2.05, 4.69) is 11.9 Å². The van der Waals surface area contributed by atoms with Crippen molar-refractivity contribution in [2.75, 3.05) is 19.0 Å². The van der Waals surface area contributed by atoms with Crippen LogP contribution in [0.25, 0.3) is 0 Å². The van der Waals surface area contributed by atoms with Crippen molar-refractivity contribution in [3.63, 3.8) is 0 Å². The molecule has 0 saturated carbocycles. The van der Waals surface area contributed by atoms with E-state index in [1.807, 2.05) is 0 Å². The molecule has 1 rings (SSSR count).